The Morgan fingerprint density at radius 2 is 2.08 bits per heavy atom. The van der Waals surface area contributed by atoms with E-state index in [-0.39, 0.29) is 30.1 Å². The standard InChI is InChI=1S/C17H20ClN3O3/c1-24-14-8-15-16(22)21(17(23)20(15)10-14)13-5-6-19(9-13)12-4-2-3-11(18)7-12/h2-4,7,13-15H,5-6,8-10H2,1H3/t13-,14-,15-/m1/s1. The molecule has 128 valence electrons. The van der Waals surface area contributed by atoms with Gasteiger partial charge in [-0.05, 0) is 24.6 Å². The lowest BCUT2D eigenvalue weighted by Crippen LogP contribution is -2.44. The lowest BCUT2D eigenvalue weighted by atomic mass is 10.1. The number of ether oxygens (including phenoxy) is 1. The number of rotatable bonds is 3. The van der Waals surface area contributed by atoms with Gasteiger partial charge in [-0.3, -0.25) is 9.69 Å². The van der Waals surface area contributed by atoms with Crippen molar-refractivity contribution in [1.82, 2.24) is 9.80 Å². The van der Waals surface area contributed by atoms with Crippen LogP contribution in [0.2, 0.25) is 5.02 Å². The van der Waals surface area contributed by atoms with E-state index in [2.05, 4.69) is 4.90 Å². The van der Waals surface area contributed by atoms with E-state index in [1.165, 1.54) is 4.90 Å². The molecule has 0 saturated carbocycles. The fraction of sp³-hybridized carbons (Fsp3) is 0.529. The fourth-order valence-electron chi connectivity index (χ4n) is 4.00. The maximum atomic E-state index is 12.7. The Morgan fingerprint density at radius 3 is 2.79 bits per heavy atom. The molecule has 0 radical (unpaired) electrons. The molecule has 1 aromatic rings. The summed E-state index contributed by atoms with van der Waals surface area (Å²) in [6.45, 7) is 1.98. The number of nitrogens with zero attached hydrogens (tertiary/aromatic N) is 3. The molecule has 0 aliphatic carbocycles. The molecular weight excluding hydrogens is 330 g/mol. The highest BCUT2D eigenvalue weighted by atomic mass is 35.5. The van der Waals surface area contributed by atoms with E-state index < -0.39 is 0 Å². The summed E-state index contributed by atoms with van der Waals surface area (Å²) in [5.41, 5.74) is 1.03. The molecule has 0 spiro atoms. The van der Waals surface area contributed by atoms with Crippen molar-refractivity contribution in [3.05, 3.63) is 29.3 Å². The van der Waals surface area contributed by atoms with Crippen LogP contribution in [0.25, 0.3) is 0 Å². The van der Waals surface area contributed by atoms with Crippen molar-refractivity contribution >= 4 is 29.2 Å². The van der Waals surface area contributed by atoms with Crippen LogP contribution in [-0.4, -0.2) is 66.7 Å². The first kappa shape index (κ1) is 15.7. The molecule has 6 nitrogen and oxygen atoms in total. The van der Waals surface area contributed by atoms with Crippen LogP contribution < -0.4 is 4.90 Å². The van der Waals surface area contributed by atoms with Crippen LogP contribution in [0.3, 0.4) is 0 Å². The van der Waals surface area contributed by atoms with Crippen molar-refractivity contribution in [2.24, 2.45) is 0 Å². The average Bonchev–Trinajstić information content (AvgIpc) is 3.25. The van der Waals surface area contributed by atoms with Crippen LogP contribution >= 0.6 is 11.6 Å². The zero-order chi connectivity index (χ0) is 16.8. The Labute approximate surface area is 145 Å². The van der Waals surface area contributed by atoms with Gasteiger partial charge in [0.2, 0.25) is 0 Å². The van der Waals surface area contributed by atoms with Crippen molar-refractivity contribution in [3.8, 4) is 0 Å². The Balaban J connectivity index is 1.48. The third kappa shape index (κ3) is 2.45. The predicted octanol–water partition coefficient (Wildman–Crippen LogP) is 1.97. The normalized spacial score (nSPS) is 29.8. The Kier molecular flexibility index (Phi) is 3.89. The number of carbonyl (C=O) groups is 2. The average molecular weight is 350 g/mol. The van der Waals surface area contributed by atoms with Crippen molar-refractivity contribution in [3.63, 3.8) is 0 Å². The highest BCUT2D eigenvalue weighted by Gasteiger charge is 2.53. The minimum atomic E-state index is -0.345. The van der Waals surface area contributed by atoms with Crippen molar-refractivity contribution in [2.45, 2.75) is 31.0 Å². The molecule has 0 aromatic heterocycles. The van der Waals surface area contributed by atoms with E-state index in [0.717, 1.165) is 18.7 Å². The second-order valence-corrected chi connectivity index (χ2v) is 7.06. The Hall–Kier alpha value is -1.79. The van der Waals surface area contributed by atoms with E-state index in [4.69, 9.17) is 16.3 Å². The van der Waals surface area contributed by atoms with Crippen LogP contribution in [-0.2, 0) is 9.53 Å². The number of hydrogen-bond acceptors (Lipinski definition) is 4. The summed E-state index contributed by atoms with van der Waals surface area (Å²) in [6, 6.07) is 7.09. The van der Waals surface area contributed by atoms with Crippen LogP contribution in [0.4, 0.5) is 10.5 Å². The van der Waals surface area contributed by atoms with Crippen molar-refractivity contribution in [1.29, 1.82) is 0 Å². The van der Waals surface area contributed by atoms with E-state index in [1.54, 1.807) is 12.0 Å². The van der Waals surface area contributed by atoms with Gasteiger partial charge >= 0.3 is 6.03 Å². The number of hydrogen-bond donors (Lipinski definition) is 0. The van der Waals surface area contributed by atoms with Gasteiger partial charge in [0.1, 0.15) is 6.04 Å². The summed E-state index contributed by atoms with van der Waals surface area (Å²) in [5, 5.41) is 0.690. The van der Waals surface area contributed by atoms with E-state index in [0.29, 0.717) is 24.5 Å². The summed E-state index contributed by atoms with van der Waals surface area (Å²) >= 11 is 6.06. The number of fused-ring (bicyclic) bond motifs is 1. The van der Waals surface area contributed by atoms with E-state index in [9.17, 15) is 9.59 Å². The van der Waals surface area contributed by atoms with Gasteiger partial charge in [0.25, 0.3) is 5.91 Å². The maximum absolute atomic E-state index is 12.7. The molecule has 3 atom stereocenters. The molecule has 3 saturated heterocycles. The second kappa shape index (κ2) is 5.93. The molecule has 1 aromatic carbocycles. The predicted molar refractivity (Wildman–Crippen MR) is 90.2 cm³/mol. The summed E-state index contributed by atoms with van der Waals surface area (Å²) < 4.78 is 5.31. The summed E-state index contributed by atoms with van der Waals surface area (Å²) in [6.07, 6.45) is 1.36. The first-order valence-electron chi connectivity index (χ1n) is 8.25. The third-order valence-corrected chi connectivity index (χ3v) is 5.51. The van der Waals surface area contributed by atoms with Gasteiger partial charge in [0.15, 0.2) is 0 Å². The van der Waals surface area contributed by atoms with Gasteiger partial charge in [-0.2, -0.15) is 0 Å². The van der Waals surface area contributed by atoms with Crippen LogP contribution in [0.1, 0.15) is 12.8 Å². The molecule has 3 fully saturated rings. The molecule has 0 bridgehead atoms. The number of methoxy groups -OCH3 is 1. The lowest BCUT2D eigenvalue weighted by Gasteiger charge is -2.24. The third-order valence-electron chi connectivity index (χ3n) is 5.27. The van der Waals surface area contributed by atoms with Crippen LogP contribution in [0, 0.1) is 0 Å². The fourth-order valence-corrected chi connectivity index (χ4v) is 4.19. The van der Waals surface area contributed by atoms with Gasteiger partial charge < -0.3 is 14.5 Å². The number of anilines is 1. The molecule has 0 unspecified atom stereocenters. The molecule has 7 heteroatoms. The molecule has 3 aliphatic heterocycles. The summed E-state index contributed by atoms with van der Waals surface area (Å²) in [4.78, 5) is 30.7. The number of imide groups is 1. The molecule has 3 heterocycles. The molecule has 4 rings (SSSR count). The lowest BCUT2D eigenvalue weighted by molar-refractivity contribution is -0.129. The minimum Gasteiger partial charge on any atom is -0.380 e. The topological polar surface area (TPSA) is 53.1 Å². The number of carbonyl (C=O) groups excluding carboxylic acids is 2. The maximum Gasteiger partial charge on any atom is 0.327 e. The number of benzene rings is 1. The van der Waals surface area contributed by atoms with Gasteiger partial charge in [-0.15, -0.1) is 0 Å². The molecule has 0 N–H and O–H groups in total. The number of amides is 3. The van der Waals surface area contributed by atoms with Crippen molar-refractivity contribution in [2.75, 3.05) is 31.6 Å². The first-order chi connectivity index (χ1) is 11.6. The molecule has 24 heavy (non-hydrogen) atoms. The second-order valence-electron chi connectivity index (χ2n) is 6.62. The largest absolute Gasteiger partial charge is 0.380 e. The first-order valence-corrected chi connectivity index (χ1v) is 8.63. The van der Waals surface area contributed by atoms with E-state index in [1.807, 2.05) is 24.3 Å². The number of halogens is 1. The van der Waals surface area contributed by atoms with Crippen molar-refractivity contribution < 1.29 is 14.3 Å². The summed E-state index contributed by atoms with van der Waals surface area (Å²) in [5.74, 6) is -0.0718. The van der Waals surface area contributed by atoms with E-state index >= 15 is 0 Å². The molecule has 3 amide bonds. The smallest absolute Gasteiger partial charge is 0.327 e. The SMILES string of the molecule is CO[C@@H]1C[C@@H]2C(=O)N([C@@H]3CCN(c4cccc(Cl)c4)C3)C(=O)N2C1. The quantitative estimate of drug-likeness (QED) is 0.783. The van der Waals surface area contributed by atoms with Gasteiger partial charge in [0, 0.05) is 43.9 Å². The molecule has 3 aliphatic rings. The zero-order valence-corrected chi connectivity index (χ0v) is 14.3. The number of urea groups is 1. The highest BCUT2D eigenvalue weighted by molar-refractivity contribution is 6.30. The van der Waals surface area contributed by atoms with Gasteiger partial charge in [-0.25, -0.2) is 4.79 Å². The van der Waals surface area contributed by atoms with Crippen LogP contribution in [0.5, 0.6) is 0 Å². The minimum absolute atomic E-state index is 0.0309. The Bertz CT molecular complexity index is 659. The van der Waals surface area contributed by atoms with Gasteiger partial charge in [0.05, 0.1) is 12.1 Å². The van der Waals surface area contributed by atoms with Crippen LogP contribution in [0.15, 0.2) is 24.3 Å². The Morgan fingerprint density at radius 1 is 1.25 bits per heavy atom. The zero-order valence-electron chi connectivity index (χ0n) is 13.5. The van der Waals surface area contributed by atoms with Gasteiger partial charge in [-0.1, -0.05) is 17.7 Å². The molecular formula is C17H20ClN3O3. The monoisotopic (exact) mass is 349 g/mol. The summed E-state index contributed by atoms with van der Waals surface area (Å²) in [7, 11) is 1.62. The highest BCUT2D eigenvalue weighted by Crippen LogP contribution is 2.33.